The number of fused-ring (bicyclic) bond motifs is 3. The van der Waals surface area contributed by atoms with E-state index in [9.17, 15) is 14.4 Å². The molecule has 0 fully saturated rings. The van der Waals surface area contributed by atoms with Gasteiger partial charge in [-0.3, -0.25) is 9.59 Å². The van der Waals surface area contributed by atoms with E-state index in [1.54, 1.807) is 13.8 Å². The summed E-state index contributed by atoms with van der Waals surface area (Å²) in [6, 6.07) is 16.3. The number of carbonyl (C=O) groups is 3. The van der Waals surface area contributed by atoms with Gasteiger partial charge < -0.3 is 25.2 Å². The fourth-order valence-electron chi connectivity index (χ4n) is 4.06. The van der Waals surface area contributed by atoms with E-state index in [2.05, 4.69) is 34.9 Å². The van der Waals surface area contributed by atoms with Crippen LogP contribution in [0.15, 0.2) is 48.5 Å². The fraction of sp³-hybridized carbons (Fsp3) is 0.423. The Bertz CT molecular complexity index is 974. The molecule has 3 rings (SSSR count). The maximum atomic E-state index is 12.1. The lowest BCUT2D eigenvalue weighted by Gasteiger charge is -2.25. The Kier molecular flexibility index (Phi) is 8.65. The number of carboxylic acids is 1. The molecule has 0 heterocycles. The minimum absolute atomic E-state index is 0.00709. The molecule has 2 amide bonds. The topological polar surface area (TPSA) is 114 Å². The molecule has 0 bridgehead atoms. The van der Waals surface area contributed by atoms with Crippen molar-refractivity contribution in [1.29, 1.82) is 0 Å². The van der Waals surface area contributed by atoms with Crippen molar-refractivity contribution in [2.24, 2.45) is 0 Å². The molecule has 0 radical (unpaired) electrons. The van der Waals surface area contributed by atoms with E-state index in [0.717, 1.165) is 11.1 Å². The Balaban J connectivity index is 1.32. The van der Waals surface area contributed by atoms with Crippen molar-refractivity contribution in [2.75, 3.05) is 26.4 Å². The average molecular weight is 469 g/mol. The molecule has 8 heteroatoms. The first-order chi connectivity index (χ1) is 16.3. The summed E-state index contributed by atoms with van der Waals surface area (Å²) in [6.45, 7) is 4.54. The number of rotatable bonds is 12. The van der Waals surface area contributed by atoms with Crippen molar-refractivity contribution >= 4 is 18.0 Å². The maximum absolute atomic E-state index is 12.1. The lowest BCUT2D eigenvalue weighted by Crippen LogP contribution is -2.44. The van der Waals surface area contributed by atoms with Crippen molar-refractivity contribution in [3.05, 3.63) is 59.7 Å². The summed E-state index contributed by atoms with van der Waals surface area (Å²) in [7, 11) is 0. The third kappa shape index (κ3) is 7.05. The first-order valence-corrected chi connectivity index (χ1v) is 11.5. The molecule has 1 aliphatic rings. The highest BCUT2D eigenvalue weighted by atomic mass is 16.5. The van der Waals surface area contributed by atoms with Gasteiger partial charge in [0.2, 0.25) is 5.91 Å². The van der Waals surface area contributed by atoms with Gasteiger partial charge in [-0.05, 0) is 42.5 Å². The summed E-state index contributed by atoms with van der Waals surface area (Å²) >= 11 is 0. The summed E-state index contributed by atoms with van der Waals surface area (Å²) in [5.74, 6) is -1.10. The average Bonchev–Trinajstić information content (AvgIpc) is 3.12. The van der Waals surface area contributed by atoms with Crippen molar-refractivity contribution in [3.8, 4) is 11.1 Å². The van der Waals surface area contributed by atoms with Gasteiger partial charge in [-0.15, -0.1) is 0 Å². The zero-order chi connectivity index (χ0) is 24.6. The normalized spacial score (nSPS) is 12.5. The second-order valence-electron chi connectivity index (χ2n) is 8.94. The van der Waals surface area contributed by atoms with Crippen LogP contribution >= 0.6 is 0 Å². The number of amides is 2. The molecule has 182 valence electrons. The molecular weight excluding hydrogens is 436 g/mol. The predicted octanol–water partition coefficient (Wildman–Crippen LogP) is 3.69. The van der Waals surface area contributed by atoms with Crippen LogP contribution < -0.4 is 10.6 Å². The van der Waals surface area contributed by atoms with Gasteiger partial charge in [-0.2, -0.15) is 0 Å². The van der Waals surface area contributed by atoms with Gasteiger partial charge in [0.05, 0.1) is 13.2 Å². The second kappa shape index (κ2) is 11.7. The molecule has 0 aromatic heterocycles. The van der Waals surface area contributed by atoms with Crippen molar-refractivity contribution < 1.29 is 29.0 Å². The first kappa shape index (κ1) is 25.2. The van der Waals surface area contributed by atoms with Crippen LogP contribution in [0.1, 0.15) is 50.2 Å². The molecule has 0 spiro atoms. The van der Waals surface area contributed by atoms with Gasteiger partial charge in [0, 0.05) is 30.8 Å². The lowest BCUT2D eigenvalue weighted by molar-refractivity contribution is -0.138. The minimum Gasteiger partial charge on any atom is -0.481 e. The molecule has 0 saturated carbocycles. The summed E-state index contributed by atoms with van der Waals surface area (Å²) in [5, 5.41) is 14.2. The molecule has 0 aliphatic heterocycles. The first-order valence-electron chi connectivity index (χ1n) is 11.5. The number of aliphatic carboxylic acids is 1. The van der Waals surface area contributed by atoms with E-state index < -0.39 is 17.6 Å². The highest BCUT2D eigenvalue weighted by Gasteiger charge is 2.29. The Morgan fingerprint density at radius 1 is 0.941 bits per heavy atom. The summed E-state index contributed by atoms with van der Waals surface area (Å²) < 4.78 is 10.9. The Hall–Kier alpha value is -3.39. The third-order valence-corrected chi connectivity index (χ3v) is 5.77. The van der Waals surface area contributed by atoms with Gasteiger partial charge in [-0.1, -0.05) is 48.5 Å². The number of hydrogen-bond acceptors (Lipinski definition) is 5. The highest BCUT2D eigenvalue weighted by molar-refractivity contribution is 5.79. The van der Waals surface area contributed by atoms with E-state index in [4.69, 9.17) is 14.6 Å². The molecule has 2 aromatic carbocycles. The van der Waals surface area contributed by atoms with Gasteiger partial charge >= 0.3 is 12.1 Å². The number of nitrogens with one attached hydrogen (secondary N) is 2. The monoisotopic (exact) mass is 468 g/mol. The van der Waals surface area contributed by atoms with Crippen LogP contribution in [0.25, 0.3) is 11.1 Å². The maximum Gasteiger partial charge on any atom is 0.407 e. The van der Waals surface area contributed by atoms with Crippen LogP contribution in [-0.4, -0.2) is 55.0 Å². The standard InChI is InChI=1S/C26H32N2O6/c1-26(2,13-11-24(30)31)28-23(29)12-15-33-16-14-27-25(32)34-17-22-20-9-5-3-7-18(20)19-8-4-6-10-21(19)22/h3-10,22H,11-17H2,1-2H3,(H,27,32)(H,28,29)(H,30,31). The number of hydrogen-bond donors (Lipinski definition) is 3. The summed E-state index contributed by atoms with van der Waals surface area (Å²) in [5.41, 5.74) is 4.07. The molecule has 0 atom stereocenters. The number of carbonyl (C=O) groups excluding carboxylic acids is 2. The van der Waals surface area contributed by atoms with Crippen molar-refractivity contribution in [1.82, 2.24) is 10.6 Å². The van der Waals surface area contributed by atoms with E-state index in [1.165, 1.54) is 11.1 Å². The number of benzene rings is 2. The number of alkyl carbamates (subject to hydrolysis) is 1. The van der Waals surface area contributed by atoms with E-state index in [0.29, 0.717) is 6.42 Å². The smallest absolute Gasteiger partial charge is 0.407 e. The van der Waals surface area contributed by atoms with Gasteiger partial charge in [0.1, 0.15) is 6.61 Å². The summed E-state index contributed by atoms with van der Waals surface area (Å²) in [4.78, 5) is 34.8. The molecule has 3 N–H and O–H groups in total. The van der Waals surface area contributed by atoms with Crippen molar-refractivity contribution in [2.45, 2.75) is 44.6 Å². The molecular formula is C26H32N2O6. The second-order valence-corrected chi connectivity index (χ2v) is 8.94. The Labute approximate surface area is 199 Å². The van der Waals surface area contributed by atoms with Gasteiger partial charge in [0.25, 0.3) is 0 Å². The van der Waals surface area contributed by atoms with E-state index >= 15 is 0 Å². The SMILES string of the molecule is CC(C)(CCC(=O)O)NC(=O)CCOCCNC(=O)OCC1c2ccccc2-c2ccccc21. The fourth-order valence-corrected chi connectivity index (χ4v) is 4.06. The largest absolute Gasteiger partial charge is 0.481 e. The predicted molar refractivity (Wildman–Crippen MR) is 128 cm³/mol. The van der Waals surface area contributed by atoms with Crippen LogP contribution in [0, 0.1) is 0 Å². The number of carboxylic acid groups (broad SMARTS) is 1. The van der Waals surface area contributed by atoms with Crippen LogP contribution in [0.3, 0.4) is 0 Å². The molecule has 8 nitrogen and oxygen atoms in total. The molecule has 2 aromatic rings. The zero-order valence-electron chi connectivity index (χ0n) is 19.6. The quantitative estimate of drug-likeness (QED) is 0.410. The molecule has 0 unspecified atom stereocenters. The van der Waals surface area contributed by atoms with Gasteiger partial charge in [0.15, 0.2) is 0 Å². The van der Waals surface area contributed by atoms with Crippen molar-refractivity contribution in [3.63, 3.8) is 0 Å². The van der Waals surface area contributed by atoms with Crippen LogP contribution in [-0.2, 0) is 19.1 Å². The Morgan fingerprint density at radius 2 is 1.56 bits per heavy atom. The number of ether oxygens (including phenoxy) is 2. The molecule has 34 heavy (non-hydrogen) atoms. The Morgan fingerprint density at radius 3 is 2.18 bits per heavy atom. The zero-order valence-corrected chi connectivity index (χ0v) is 19.6. The van der Waals surface area contributed by atoms with E-state index in [-0.39, 0.29) is 51.0 Å². The van der Waals surface area contributed by atoms with Crippen LogP contribution in [0.2, 0.25) is 0 Å². The molecule has 0 saturated heterocycles. The van der Waals surface area contributed by atoms with Gasteiger partial charge in [-0.25, -0.2) is 4.79 Å². The van der Waals surface area contributed by atoms with Crippen LogP contribution in [0.5, 0.6) is 0 Å². The minimum atomic E-state index is -0.894. The van der Waals surface area contributed by atoms with Crippen LogP contribution in [0.4, 0.5) is 4.79 Å². The lowest BCUT2D eigenvalue weighted by atomic mass is 9.98. The third-order valence-electron chi connectivity index (χ3n) is 5.77. The molecule has 1 aliphatic carbocycles. The summed E-state index contributed by atoms with van der Waals surface area (Å²) in [6.07, 6.45) is -0.0189. The van der Waals surface area contributed by atoms with E-state index in [1.807, 2.05) is 24.3 Å². The highest BCUT2D eigenvalue weighted by Crippen LogP contribution is 2.44.